The Morgan fingerprint density at radius 1 is 1.47 bits per heavy atom. The number of carbonyl (C=O) groups is 1. The van der Waals surface area contributed by atoms with Crippen LogP contribution >= 0.6 is 0 Å². The van der Waals surface area contributed by atoms with Crippen molar-refractivity contribution in [3.63, 3.8) is 0 Å². The van der Waals surface area contributed by atoms with Crippen molar-refractivity contribution in [2.75, 3.05) is 31.7 Å². The first-order valence-corrected chi connectivity index (χ1v) is 6.67. The molecule has 0 amide bonds. The second-order valence-corrected chi connectivity index (χ2v) is 5.16. The van der Waals surface area contributed by atoms with Gasteiger partial charge >= 0.3 is 0 Å². The quantitative estimate of drug-likeness (QED) is 0.561. The van der Waals surface area contributed by atoms with E-state index in [0.29, 0.717) is 24.4 Å². The minimum Gasteiger partial charge on any atom is -0.379 e. The minimum atomic E-state index is -0.364. The van der Waals surface area contributed by atoms with E-state index in [0.717, 1.165) is 12.5 Å². The molecule has 19 heavy (non-hydrogen) atoms. The third kappa shape index (κ3) is 4.03. The highest BCUT2D eigenvalue weighted by Crippen LogP contribution is 2.28. The summed E-state index contributed by atoms with van der Waals surface area (Å²) in [4.78, 5) is 13.0. The van der Waals surface area contributed by atoms with Gasteiger partial charge in [0.2, 0.25) is 0 Å². The molecule has 3 nitrogen and oxygen atoms in total. The lowest BCUT2D eigenvalue weighted by Gasteiger charge is -2.20. The van der Waals surface area contributed by atoms with Gasteiger partial charge < -0.3 is 9.64 Å². The van der Waals surface area contributed by atoms with Gasteiger partial charge in [-0.25, -0.2) is 4.39 Å². The van der Waals surface area contributed by atoms with E-state index in [4.69, 9.17) is 4.74 Å². The Balaban J connectivity index is 1.86. The number of likely N-dealkylation sites (N-methyl/N-ethyl adjacent to an activating group) is 1. The van der Waals surface area contributed by atoms with Crippen LogP contribution in [0, 0.1) is 11.7 Å². The van der Waals surface area contributed by atoms with Gasteiger partial charge in [0, 0.05) is 25.8 Å². The molecule has 0 unspecified atom stereocenters. The summed E-state index contributed by atoms with van der Waals surface area (Å²) in [6, 6.07) is 4.59. The van der Waals surface area contributed by atoms with Gasteiger partial charge in [-0.05, 0) is 43.9 Å². The third-order valence-corrected chi connectivity index (χ3v) is 3.39. The van der Waals surface area contributed by atoms with Crippen molar-refractivity contribution in [2.24, 2.45) is 5.92 Å². The highest BCUT2D eigenvalue weighted by atomic mass is 19.1. The maximum Gasteiger partial charge on any atom is 0.159 e. The van der Waals surface area contributed by atoms with Crippen molar-refractivity contribution < 1.29 is 13.9 Å². The third-order valence-electron chi connectivity index (χ3n) is 3.39. The molecule has 0 heterocycles. The van der Waals surface area contributed by atoms with Gasteiger partial charge in [-0.1, -0.05) is 0 Å². The zero-order valence-corrected chi connectivity index (χ0v) is 11.5. The maximum absolute atomic E-state index is 13.9. The van der Waals surface area contributed by atoms with Gasteiger partial charge in [0.25, 0.3) is 0 Å². The molecule has 1 fully saturated rings. The van der Waals surface area contributed by atoms with Crippen molar-refractivity contribution in [3.05, 3.63) is 29.6 Å². The Labute approximate surface area is 113 Å². The number of halogens is 1. The van der Waals surface area contributed by atoms with Gasteiger partial charge in [-0.15, -0.1) is 0 Å². The smallest absolute Gasteiger partial charge is 0.159 e. The van der Waals surface area contributed by atoms with Crippen molar-refractivity contribution >= 4 is 11.5 Å². The summed E-state index contributed by atoms with van der Waals surface area (Å²) in [6.45, 7) is 3.49. The number of anilines is 1. The molecule has 0 N–H and O–H groups in total. The summed E-state index contributed by atoms with van der Waals surface area (Å²) in [7, 11) is 1.83. The topological polar surface area (TPSA) is 29.5 Å². The number of ether oxygens (including phenoxy) is 1. The SMILES string of the molecule is CC(=O)c1ccc(N(C)CCOCC2CC2)c(F)c1. The Morgan fingerprint density at radius 2 is 2.21 bits per heavy atom. The van der Waals surface area contributed by atoms with Gasteiger partial charge in [0.05, 0.1) is 12.3 Å². The largest absolute Gasteiger partial charge is 0.379 e. The van der Waals surface area contributed by atoms with E-state index in [1.807, 2.05) is 11.9 Å². The number of carbonyl (C=O) groups excluding carboxylic acids is 1. The van der Waals surface area contributed by atoms with Crippen LogP contribution in [0.1, 0.15) is 30.1 Å². The predicted octanol–water partition coefficient (Wildman–Crippen LogP) is 2.89. The van der Waals surface area contributed by atoms with Crippen LogP contribution in [0.15, 0.2) is 18.2 Å². The maximum atomic E-state index is 13.9. The summed E-state index contributed by atoms with van der Waals surface area (Å²) in [5.41, 5.74) is 0.902. The number of benzene rings is 1. The number of ketones is 1. The molecule has 0 aromatic heterocycles. The zero-order valence-electron chi connectivity index (χ0n) is 11.5. The molecule has 0 bridgehead atoms. The summed E-state index contributed by atoms with van der Waals surface area (Å²) >= 11 is 0. The van der Waals surface area contributed by atoms with Crippen molar-refractivity contribution in [3.8, 4) is 0 Å². The van der Waals surface area contributed by atoms with E-state index in [-0.39, 0.29) is 11.6 Å². The first-order chi connectivity index (χ1) is 9.08. The van der Waals surface area contributed by atoms with E-state index in [2.05, 4.69) is 0 Å². The van der Waals surface area contributed by atoms with Crippen LogP contribution in [0.3, 0.4) is 0 Å². The number of rotatable bonds is 7. The molecule has 0 spiro atoms. The normalized spacial score (nSPS) is 14.5. The van der Waals surface area contributed by atoms with Crippen molar-refractivity contribution in [1.82, 2.24) is 0 Å². The fraction of sp³-hybridized carbons (Fsp3) is 0.533. The van der Waals surface area contributed by atoms with Gasteiger partial charge in [0.15, 0.2) is 5.78 Å². The molecule has 2 rings (SSSR count). The van der Waals surface area contributed by atoms with Crippen LogP contribution in [0.4, 0.5) is 10.1 Å². The number of nitrogens with zero attached hydrogens (tertiary/aromatic N) is 1. The van der Waals surface area contributed by atoms with E-state index in [1.54, 1.807) is 12.1 Å². The Kier molecular flexibility index (Phi) is 4.53. The molecule has 1 saturated carbocycles. The van der Waals surface area contributed by atoms with Gasteiger partial charge in [-0.2, -0.15) is 0 Å². The van der Waals surface area contributed by atoms with Gasteiger partial charge in [-0.3, -0.25) is 4.79 Å². The van der Waals surface area contributed by atoms with Crippen LogP contribution in [-0.2, 0) is 4.74 Å². The number of hydrogen-bond acceptors (Lipinski definition) is 3. The standard InChI is InChI=1S/C15H20FNO2/c1-11(18)13-5-6-15(14(16)9-13)17(2)7-8-19-10-12-3-4-12/h5-6,9,12H,3-4,7-8,10H2,1-2H3. The molecule has 0 atom stereocenters. The number of hydrogen-bond donors (Lipinski definition) is 0. The second-order valence-electron chi connectivity index (χ2n) is 5.16. The first-order valence-electron chi connectivity index (χ1n) is 6.67. The average Bonchev–Trinajstić information content (AvgIpc) is 3.18. The monoisotopic (exact) mass is 265 g/mol. The fourth-order valence-electron chi connectivity index (χ4n) is 1.89. The summed E-state index contributed by atoms with van der Waals surface area (Å²) in [6.07, 6.45) is 2.55. The van der Waals surface area contributed by atoms with Crippen LogP contribution in [0.5, 0.6) is 0 Å². The lowest BCUT2D eigenvalue weighted by atomic mass is 10.1. The molecule has 0 aliphatic heterocycles. The molecule has 1 aromatic rings. The second kappa shape index (κ2) is 6.15. The molecule has 1 aliphatic carbocycles. The molecule has 0 saturated heterocycles. The minimum absolute atomic E-state index is 0.124. The van der Waals surface area contributed by atoms with E-state index >= 15 is 0 Å². The van der Waals surface area contributed by atoms with Crippen molar-refractivity contribution in [1.29, 1.82) is 0 Å². The molecular formula is C15H20FNO2. The van der Waals surface area contributed by atoms with Crippen LogP contribution < -0.4 is 4.90 Å². The predicted molar refractivity (Wildman–Crippen MR) is 73.2 cm³/mol. The molecule has 104 valence electrons. The van der Waals surface area contributed by atoms with E-state index in [9.17, 15) is 9.18 Å². The highest BCUT2D eigenvalue weighted by molar-refractivity contribution is 5.94. The summed E-state index contributed by atoms with van der Waals surface area (Å²) in [5.74, 6) is 0.259. The highest BCUT2D eigenvalue weighted by Gasteiger charge is 2.21. The Morgan fingerprint density at radius 3 is 2.79 bits per heavy atom. The summed E-state index contributed by atoms with van der Waals surface area (Å²) < 4.78 is 19.4. The van der Waals surface area contributed by atoms with Crippen LogP contribution in [-0.4, -0.2) is 32.6 Å². The molecule has 4 heteroatoms. The summed E-state index contributed by atoms with van der Waals surface area (Å²) in [5, 5.41) is 0. The van der Waals surface area contributed by atoms with Crippen LogP contribution in [0.25, 0.3) is 0 Å². The lowest BCUT2D eigenvalue weighted by Crippen LogP contribution is -2.24. The van der Waals surface area contributed by atoms with Crippen molar-refractivity contribution in [2.45, 2.75) is 19.8 Å². The molecule has 1 aromatic carbocycles. The Hall–Kier alpha value is -1.42. The molecular weight excluding hydrogens is 245 g/mol. The average molecular weight is 265 g/mol. The number of Topliss-reactive ketones (excluding diaryl/α,β-unsaturated/α-hetero) is 1. The lowest BCUT2D eigenvalue weighted by molar-refractivity contribution is 0.101. The molecule has 1 aliphatic rings. The molecule has 0 radical (unpaired) electrons. The first kappa shape index (κ1) is 14.0. The van der Waals surface area contributed by atoms with Gasteiger partial charge in [0.1, 0.15) is 5.82 Å². The Bertz CT molecular complexity index is 457. The van der Waals surface area contributed by atoms with E-state index < -0.39 is 0 Å². The van der Waals surface area contributed by atoms with Crippen LogP contribution in [0.2, 0.25) is 0 Å². The van der Waals surface area contributed by atoms with E-state index in [1.165, 1.54) is 25.8 Å². The fourth-order valence-corrected chi connectivity index (χ4v) is 1.89. The zero-order chi connectivity index (χ0) is 13.8.